The summed E-state index contributed by atoms with van der Waals surface area (Å²) in [6.07, 6.45) is 1.69. The third kappa shape index (κ3) is 1.92. The van der Waals surface area contributed by atoms with Crippen LogP contribution in [-0.2, 0) is 6.54 Å². The van der Waals surface area contributed by atoms with Gasteiger partial charge in [-0.15, -0.1) is 10.2 Å². The summed E-state index contributed by atoms with van der Waals surface area (Å²) >= 11 is 3.53. The molecule has 0 spiro atoms. The zero-order valence-electron chi connectivity index (χ0n) is 12.1. The second kappa shape index (κ2) is 4.86. The molecule has 0 bridgehead atoms. The Kier molecular flexibility index (Phi) is 2.78. The second-order valence-corrected chi connectivity index (χ2v) is 6.59. The van der Waals surface area contributed by atoms with E-state index in [1.807, 2.05) is 22.6 Å². The number of halogens is 1. The van der Waals surface area contributed by atoms with E-state index in [9.17, 15) is 0 Å². The molecule has 6 nitrogen and oxygen atoms in total. The number of hydrogen-bond acceptors (Lipinski definition) is 5. The van der Waals surface area contributed by atoms with Gasteiger partial charge in [-0.25, -0.2) is 0 Å². The SMILES string of the molecule is Brc1cc2c(n3cnnc13)NCc1cccc3c1[C@H](CO3)CO2. The molecule has 4 heterocycles. The van der Waals surface area contributed by atoms with E-state index in [4.69, 9.17) is 9.47 Å². The van der Waals surface area contributed by atoms with Crippen molar-refractivity contribution in [3.8, 4) is 11.5 Å². The first-order valence-corrected chi connectivity index (χ1v) is 8.24. The van der Waals surface area contributed by atoms with Crippen LogP contribution in [0, 0.1) is 0 Å². The van der Waals surface area contributed by atoms with Crippen LogP contribution >= 0.6 is 15.9 Å². The number of anilines is 1. The van der Waals surface area contributed by atoms with Crippen LogP contribution in [-0.4, -0.2) is 27.8 Å². The molecule has 7 heteroatoms. The summed E-state index contributed by atoms with van der Waals surface area (Å²) in [6, 6.07) is 8.14. The number of nitrogens with one attached hydrogen (secondary N) is 1. The van der Waals surface area contributed by atoms with E-state index in [1.165, 1.54) is 11.1 Å². The van der Waals surface area contributed by atoms with Gasteiger partial charge >= 0.3 is 0 Å². The highest BCUT2D eigenvalue weighted by molar-refractivity contribution is 9.10. The van der Waals surface area contributed by atoms with Gasteiger partial charge in [-0.2, -0.15) is 0 Å². The van der Waals surface area contributed by atoms with Crippen molar-refractivity contribution in [3.05, 3.63) is 46.2 Å². The molecular formula is C16H13BrN4O2. The van der Waals surface area contributed by atoms with Gasteiger partial charge in [-0.3, -0.25) is 4.40 Å². The van der Waals surface area contributed by atoms with E-state index in [2.05, 4.69) is 37.5 Å². The van der Waals surface area contributed by atoms with Gasteiger partial charge in [0.2, 0.25) is 0 Å². The summed E-state index contributed by atoms with van der Waals surface area (Å²) in [5.74, 6) is 2.88. The Hall–Kier alpha value is -2.28. The molecule has 116 valence electrons. The van der Waals surface area contributed by atoms with Crippen LogP contribution in [0.25, 0.3) is 5.65 Å². The van der Waals surface area contributed by atoms with Gasteiger partial charge in [-0.05, 0) is 27.6 Å². The van der Waals surface area contributed by atoms with Crippen molar-refractivity contribution in [2.75, 3.05) is 18.5 Å². The number of aromatic nitrogens is 3. The highest BCUT2D eigenvalue weighted by atomic mass is 79.9. The molecule has 5 rings (SSSR count). The zero-order chi connectivity index (χ0) is 15.4. The largest absolute Gasteiger partial charge is 0.493 e. The minimum atomic E-state index is 0.254. The monoisotopic (exact) mass is 372 g/mol. The van der Waals surface area contributed by atoms with E-state index in [0.717, 1.165) is 27.4 Å². The molecule has 1 N–H and O–H groups in total. The number of benzene rings is 1. The Bertz CT molecular complexity index is 924. The summed E-state index contributed by atoms with van der Waals surface area (Å²) < 4.78 is 14.7. The lowest BCUT2D eigenvalue weighted by atomic mass is 9.96. The molecule has 23 heavy (non-hydrogen) atoms. The second-order valence-electron chi connectivity index (χ2n) is 5.73. The normalized spacial score (nSPS) is 18.7. The maximum atomic E-state index is 6.11. The molecule has 0 radical (unpaired) electrons. The zero-order valence-corrected chi connectivity index (χ0v) is 13.7. The Morgan fingerprint density at radius 1 is 1.22 bits per heavy atom. The van der Waals surface area contributed by atoms with E-state index >= 15 is 0 Å². The van der Waals surface area contributed by atoms with Crippen LogP contribution in [0.4, 0.5) is 5.82 Å². The average Bonchev–Trinajstić information content (AvgIpc) is 3.20. The van der Waals surface area contributed by atoms with E-state index < -0.39 is 0 Å². The lowest BCUT2D eigenvalue weighted by Crippen LogP contribution is -2.12. The Morgan fingerprint density at radius 3 is 3.00 bits per heavy atom. The third-order valence-electron chi connectivity index (χ3n) is 4.38. The summed E-state index contributed by atoms with van der Waals surface area (Å²) in [6.45, 7) is 1.95. The average molecular weight is 373 g/mol. The molecule has 0 fully saturated rings. The fraction of sp³-hybridized carbons (Fsp3) is 0.250. The minimum absolute atomic E-state index is 0.254. The van der Waals surface area contributed by atoms with Crippen molar-refractivity contribution < 1.29 is 9.47 Å². The minimum Gasteiger partial charge on any atom is -0.493 e. The Balaban J connectivity index is 1.67. The predicted octanol–water partition coefficient (Wildman–Crippen LogP) is 2.97. The van der Waals surface area contributed by atoms with Gasteiger partial charge in [0.15, 0.2) is 17.2 Å². The quantitative estimate of drug-likeness (QED) is 0.657. The van der Waals surface area contributed by atoms with Crippen molar-refractivity contribution in [1.29, 1.82) is 0 Å². The van der Waals surface area contributed by atoms with E-state index in [-0.39, 0.29) is 5.92 Å². The highest BCUT2D eigenvalue weighted by Crippen LogP contribution is 2.40. The van der Waals surface area contributed by atoms with Gasteiger partial charge in [-0.1, -0.05) is 12.1 Å². The van der Waals surface area contributed by atoms with Crippen LogP contribution in [0.3, 0.4) is 0 Å². The number of rotatable bonds is 0. The molecule has 0 unspecified atom stereocenters. The standard InChI is InChI=1S/C16H13BrN4O2/c17-11-4-13-16(21-8-19-20-15(11)21)18-5-9-2-1-3-12-14(9)10(6-22-12)7-23-13/h1-4,8,10,18H,5-7H2/t10-/m1/s1. The van der Waals surface area contributed by atoms with Crippen molar-refractivity contribution in [2.45, 2.75) is 12.5 Å². The predicted molar refractivity (Wildman–Crippen MR) is 88.2 cm³/mol. The molecule has 3 aromatic rings. The summed E-state index contributed by atoms with van der Waals surface area (Å²) in [4.78, 5) is 0. The van der Waals surface area contributed by atoms with Crippen molar-refractivity contribution in [1.82, 2.24) is 14.6 Å². The van der Waals surface area contributed by atoms with Gasteiger partial charge in [0, 0.05) is 18.2 Å². The number of hydrogen-bond donors (Lipinski definition) is 1. The van der Waals surface area contributed by atoms with Crippen molar-refractivity contribution in [3.63, 3.8) is 0 Å². The lowest BCUT2D eigenvalue weighted by molar-refractivity contribution is 0.248. The van der Waals surface area contributed by atoms with Crippen LogP contribution < -0.4 is 14.8 Å². The molecule has 1 atom stereocenters. The lowest BCUT2D eigenvalue weighted by Gasteiger charge is -2.15. The highest BCUT2D eigenvalue weighted by Gasteiger charge is 2.29. The number of ether oxygens (including phenoxy) is 2. The maximum absolute atomic E-state index is 6.11. The topological polar surface area (TPSA) is 60.7 Å². The molecule has 2 aromatic heterocycles. The van der Waals surface area contributed by atoms with Gasteiger partial charge in [0.25, 0.3) is 0 Å². The smallest absolute Gasteiger partial charge is 0.176 e. The number of fused-ring (bicyclic) bond motifs is 3. The first-order valence-electron chi connectivity index (χ1n) is 7.45. The van der Waals surface area contributed by atoms with Gasteiger partial charge < -0.3 is 14.8 Å². The maximum Gasteiger partial charge on any atom is 0.176 e. The van der Waals surface area contributed by atoms with Crippen LogP contribution in [0.1, 0.15) is 17.0 Å². The van der Waals surface area contributed by atoms with Gasteiger partial charge in [0.05, 0.1) is 23.6 Å². The Labute approximate surface area is 140 Å². The molecule has 1 aromatic carbocycles. The summed E-state index contributed by atoms with van der Waals surface area (Å²) in [5, 5.41) is 11.6. The Morgan fingerprint density at radius 2 is 2.09 bits per heavy atom. The van der Waals surface area contributed by atoms with Gasteiger partial charge in [0.1, 0.15) is 12.1 Å². The van der Waals surface area contributed by atoms with Crippen molar-refractivity contribution in [2.24, 2.45) is 0 Å². The third-order valence-corrected chi connectivity index (χ3v) is 4.97. The van der Waals surface area contributed by atoms with Crippen LogP contribution in [0.5, 0.6) is 11.5 Å². The molecule has 0 saturated carbocycles. The van der Waals surface area contributed by atoms with Crippen LogP contribution in [0.2, 0.25) is 0 Å². The van der Waals surface area contributed by atoms with E-state index in [1.54, 1.807) is 6.33 Å². The van der Waals surface area contributed by atoms with Crippen molar-refractivity contribution >= 4 is 27.4 Å². The molecule has 0 amide bonds. The molecule has 2 aliphatic heterocycles. The number of pyridine rings is 1. The fourth-order valence-electron chi connectivity index (χ4n) is 3.32. The number of nitrogens with zero attached hydrogens (tertiary/aromatic N) is 3. The first-order chi connectivity index (χ1) is 11.3. The molecule has 0 aliphatic carbocycles. The van der Waals surface area contributed by atoms with Crippen LogP contribution in [0.15, 0.2) is 35.1 Å². The first kappa shape index (κ1) is 13.2. The van der Waals surface area contributed by atoms with E-state index in [0.29, 0.717) is 19.8 Å². The molecular weight excluding hydrogens is 360 g/mol. The fourth-order valence-corrected chi connectivity index (χ4v) is 3.80. The molecule has 2 aliphatic rings. The molecule has 0 saturated heterocycles. The summed E-state index contributed by atoms with van der Waals surface area (Å²) in [5.41, 5.74) is 3.26. The summed E-state index contributed by atoms with van der Waals surface area (Å²) in [7, 11) is 0.